The van der Waals surface area contributed by atoms with Crippen molar-refractivity contribution in [2.75, 3.05) is 13.2 Å². The van der Waals surface area contributed by atoms with E-state index in [0.29, 0.717) is 6.08 Å². The normalized spacial score (nSPS) is 12.5. The fraction of sp³-hybridized carbons (Fsp3) is 0.417. The molecule has 1 atom stereocenters. The van der Waals surface area contributed by atoms with E-state index in [0.717, 1.165) is 0 Å². The van der Waals surface area contributed by atoms with Crippen LogP contribution in [0.15, 0.2) is 23.8 Å². The molecule has 0 rings (SSSR count). The van der Waals surface area contributed by atoms with Gasteiger partial charge in [0.1, 0.15) is 19.3 Å². The lowest BCUT2D eigenvalue weighted by Gasteiger charge is -2.11. The number of rotatable bonds is 7. The van der Waals surface area contributed by atoms with Crippen LogP contribution >= 0.6 is 0 Å². The second-order valence-electron chi connectivity index (χ2n) is 3.80. The van der Waals surface area contributed by atoms with Gasteiger partial charge < -0.3 is 19.7 Å². The molecule has 2 N–H and O–H groups in total. The Morgan fingerprint density at radius 1 is 1.16 bits per heavy atom. The van der Waals surface area contributed by atoms with Gasteiger partial charge in [-0.05, 0) is 13.8 Å². The maximum atomic E-state index is 11.2. The molecule has 1 unspecified atom stereocenters. The number of carbonyl (C=O) groups is 3. The molecule has 19 heavy (non-hydrogen) atoms. The van der Waals surface area contributed by atoms with Crippen molar-refractivity contribution in [1.29, 1.82) is 0 Å². The van der Waals surface area contributed by atoms with Crippen LogP contribution in [0.5, 0.6) is 0 Å². The van der Waals surface area contributed by atoms with Gasteiger partial charge in [-0.15, -0.1) is 0 Å². The third-order valence-electron chi connectivity index (χ3n) is 1.82. The third-order valence-corrected chi connectivity index (χ3v) is 1.82. The highest BCUT2D eigenvalue weighted by Crippen LogP contribution is 1.99. The monoisotopic (exact) mass is 272 g/mol. The Labute approximate surface area is 110 Å². The highest BCUT2D eigenvalue weighted by molar-refractivity contribution is 5.95. The number of hydrogen-bond donors (Lipinski definition) is 2. The molecule has 7 heteroatoms. The van der Waals surface area contributed by atoms with Crippen LogP contribution in [0.3, 0.4) is 0 Å². The summed E-state index contributed by atoms with van der Waals surface area (Å²) in [6, 6.07) is 0. The van der Waals surface area contributed by atoms with Gasteiger partial charge in [0.25, 0.3) is 0 Å². The Morgan fingerprint density at radius 2 is 1.63 bits per heavy atom. The molecule has 0 aromatic heterocycles. The van der Waals surface area contributed by atoms with Crippen molar-refractivity contribution in [2.45, 2.75) is 20.0 Å². The van der Waals surface area contributed by atoms with Gasteiger partial charge in [-0.1, -0.05) is 6.58 Å². The average molecular weight is 272 g/mol. The molecule has 106 valence electrons. The Morgan fingerprint density at radius 3 is 2.05 bits per heavy atom. The van der Waals surface area contributed by atoms with Crippen LogP contribution in [0.2, 0.25) is 0 Å². The van der Waals surface area contributed by atoms with Gasteiger partial charge in [-0.2, -0.15) is 0 Å². The summed E-state index contributed by atoms with van der Waals surface area (Å²) in [6.07, 6.45) is -0.500. The van der Waals surface area contributed by atoms with Gasteiger partial charge in [-0.3, -0.25) is 0 Å². The number of carbonyl (C=O) groups excluding carboxylic acids is 2. The van der Waals surface area contributed by atoms with Crippen LogP contribution in [-0.4, -0.2) is 47.4 Å². The van der Waals surface area contributed by atoms with E-state index in [4.69, 9.17) is 5.11 Å². The minimum Gasteiger partial charge on any atom is -0.478 e. The van der Waals surface area contributed by atoms with E-state index in [2.05, 4.69) is 16.1 Å². The highest BCUT2D eigenvalue weighted by atomic mass is 16.6. The molecule has 0 radical (unpaired) electrons. The quantitative estimate of drug-likeness (QED) is 0.497. The summed E-state index contributed by atoms with van der Waals surface area (Å²) in [5.41, 5.74) is 0.0723. The average Bonchev–Trinajstić information content (AvgIpc) is 2.31. The molecular weight excluding hydrogens is 256 g/mol. The first kappa shape index (κ1) is 16.9. The molecule has 0 spiro atoms. The van der Waals surface area contributed by atoms with E-state index in [9.17, 15) is 19.5 Å². The summed E-state index contributed by atoms with van der Waals surface area (Å²) < 4.78 is 9.26. The van der Waals surface area contributed by atoms with E-state index >= 15 is 0 Å². The van der Waals surface area contributed by atoms with Crippen molar-refractivity contribution in [3.63, 3.8) is 0 Å². The molecule has 0 aliphatic heterocycles. The van der Waals surface area contributed by atoms with Crippen LogP contribution in [0, 0.1) is 0 Å². The molecule has 0 heterocycles. The maximum absolute atomic E-state index is 11.2. The van der Waals surface area contributed by atoms with Crippen LogP contribution in [0.25, 0.3) is 0 Å². The predicted molar refractivity (Wildman–Crippen MR) is 64.1 cm³/mol. The van der Waals surface area contributed by atoms with Gasteiger partial charge in [0.2, 0.25) is 0 Å². The topological polar surface area (TPSA) is 110 Å². The number of aliphatic hydroxyl groups is 1. The van der Waals surface area contributed by atoms with Crippen LogP contribution in [0.1, 0.15) is 13.8 Å². The van der Waals surface area contributed by atoms with Crippen molar-refractivity contribution < 1.29 is 34.1 Å². The maximum Gasteiger partial charge on any atom is 0.334 e. The molecule has 0 aliphatic rings. The van der Waals surface area contributed by atoms with E-state index in [1.807, 2.05) is 0 Å². The second-order valence-corrected chi connectivity index (χ2v) is 3.80. The lowest BCUT2D eigenvalue weighted by atomic mass is 10.3. The van der Waals surface area contributed by atoms with Gasteiger partial charge in [0.05, 0.1) is 0 Å². The van der Waals surface area contributed by atoms with Crippen LogP contribution < -0.4 is 0 Å². The number of hydrogen-bond acceptors (Lipinski definition) is 6. The highest BCUT2D eigenvalue weighted by Gasteiger charge is 2.13. The molecule has 0 aromatic carbocycles. The first-order valence-electron chi connectivity index (χ1n) is 5.33. The first-order chi connectivity index (χ1) is 8.73. The summed E-state index contributed by atoms with van der Waals surface area (Å²) >= 11 is 0. The zero-order chi connectivity index (χ0) is 15.0. The number of aliphatic carboxylic acids is 1. The molecule has 0 amide bonds. The zero-order valence-electron chi connectivity index (χ0n) is 10.7. The van der Waals surface area contributed by atoms with Gasteiger partial charge in [-0.25, -0.2) is 14.4 Å². The Kier molecular flexibility index (Phi) is 7.13. The smallest absolute Gasteiger partial charge is 0.334 e. The number of esters is 2. The molecule has 0 aliphatic carbocycles. The molecule has 0 fully saturated rings. The van der Waals surface area contributed by atoms with Crippen molar-refractivity contribution in [3.8, 4) is 0 Å². The standard InChI is InChI=1S/C12H16O7/c1-7(2)11(16)18-5-9(13)6-19-12(17)8(3)4-10(14)15/h4,9,13H,1,5-6H2,2-3H3,(H,14,15). The van der Waals surface area contributed by atoms with E-state index < -0.39 is 30.6 Å². The number of aliphatic hydroxyl groups excluding tert-OH is 1. The predicted octanol–water partition coefficient (Wildman–Crippen LogP) is 0.0407. The van der Waals surface area contributed by atoms with E-state index in [1.165, 1.54) is 13.8 Å². The van der Waals surface area contributed by atoms with Gasteiger partial charge in [0, 0.05) is 17.2 Å². The van der Waals surface area contributed by atoms with E-state index in [1.54, 1.807) is 0 Å². The Balaban J connectivity index is 4.06. The first-order valence-corrected chi connectivity index (χ1v) is 5.33. The summed E-state index contributed by atoms with van der Waals surface area (Å²) in [7, 11) is 0. The fourth-order valence-electron chi connectivity index (χ4n) is 0.873. The minimum absolute atomic E-state index is 0.112. The van der Waals surface area contributed by atoms with Crippen LogP contribution in [0.4, 0.5) is 0 Å². The SMILES string of the molecule is C=C(C)C(=O)OCC(O)COC(=O)C(C)=CC(=O)O. The summed E-state index contributed by atoms with van der Waals surface area (Å²) in [5, 5.41) is 17.8. The van der Waals surface area contributed by atoms with Crippen molar-refractivity contribution in [2.24, 2.45) is 0 Å². The zero-order valence-corrected chi connectivity index (χ0v) is 10.7. The molecule has 0 saturated carbocycles. The molecule has 7 nitrogen and oxygen atoms in total. The summed E-state index contributed by atoms with van der Waals surface area (Å²) in [4.78, 5) is 32.5. The summed E-state index contributed by atoms with van der Waals surface area (Å²) in [5.74, 6) is -2.80. The molecule has 0 bridgehead atoms. The molecule has 0 saturated heterocycles. The van der Waals surface area contributed by atoms with E-state index in [-0.39, 0.29) is 17.8 Å². The number of carboxylic acid groups (broad SMARTS) is 1. The van der Waals surface area contributed by atoms with Crippen molar-refractivity contribution >= 4 is 17.9 Å². The van der Waals surface area contributed by atoms with Crippen LogP contribution in [-0.2, 0) is 23.9 Å². The number of ether oxygens (including phenoxy) is 2. The number of carboxylic acids is 1. The van der Waals surface area contributed by atoms with Gasteiger partial charge in [0.15, 0.2) is 0 Å². The lowest BCUT2D eigenvalue weighted by Crippen LogP contribution is -2.25. The van der Waals surface area contributed by atoms with Gasteiger partial charge >= 0.3 is 17.9 Å². The summed E-state index contributed by atoms with van der Waals surface area (Å²) in [6.45, 7) is 5.32. The fourth-order valence-corrected chi connectivity index (χ4v) is 0.873. The minimum atomic E-state index is -1.27. The molecule has 0 aromatic rings. The third kappa shape index (κ3) is 7.72. The van der Waals surface area contributed by atoms with Crippen molar-refractivity contribution in [1.82, 2.24) is 0 Å². The largest absolute Gasteiger partial charge is 0.478 e. The Hall–Kier alpha value is -2.15. The second kappa shape index (κ2) is 8.04. The van der Waals surface area contributed by atoms with Crippen molar-refractivity contribution in [3.05, 3.63) is 23.8 Å². The lowest BCUT2D eigenvalue weighted by molar-refractivity contribution is -0.147. The Bertz CT molecular complexity index is 408. The molecular formula is C12H16O7.